The normalized spacial score (nSPS) is 23.3. The van der Waals surface area contributed by atoms with E-state index in [1.54, 1.807) is 0 Å². The fourth-order valence-corrected chi connectivity index (χ4v) is 4.17. The van der Waals surface area contributed by atoms with Gasteiger partial charge in [-0.25, -0.2) is 0 Å². The molecule has 3 rings (SSSR count). The van der Waals surface area contributed by atoms with Crippen molar-refractivity contribution in [3.63, 3.8) is 0 Å². The Labute approximate surface area is 152 Å². The molecule has 2 aliphatic heterocycles. The second kappa shape index (κ2) is 8.33. The highest BCUT2D eigenvalue weighted by atomic mass is 16.1. The summed E-state index contributed by atoms with van der Waals surface area (Å²) in [5, 5.41) is 2.97. The summed E-state index contributed by atoms with van der Waals surface area (Å²) in [6.07, 6.45) is 4.64. The number of rotatable bonds is 4. The molecule has 4 heteroatoms. The van der Waals surface area contributed by atoms with Crippen LogP contribution in [-0.4, -0.2) is 47.9 Å². The molecule has 138 valence electrons. The number of piperidine rings is 1. The van der Waals surface area contributed by atoms with Gasteiger partial charge in [0.1, 0.15) is 0 Å². The molecule has 1 amide bonds. The number of carbonyl (C=O) groups is 1. The summed E-state index contributed by atoms with van der Waals surface area (Å²) in [4.78, 5) is 16.6. The highest BCUT2D eigenvalue weighted by molar-refractivity contribution is 5.76. The summed E-state index contributed by atoms with van der Waals surface area (Å²) in [5.74, 6) is 0.184. The molecule has 1 unspecified atom stereocenters. The summed E-state index contributed by atoms with van der Waals surface area (Å²) < 4.78 is 0. The lowest BCUT2D eigenvalue weighted by atomic mass is 9.96. The second-order valence-electron chi connectivity index (χ2n) is 7.90. The molecule has 1 N–H and O–H groups in total. The van der Waals surface area contributed by atoms with Crippen LogP contribution in [0.15, 0.2) is 12.1 Å². The minimum Gasteiger partial charge on any atom is -0.355 e. The Kier molecular flexibility index (Phi) is 6.13. The summed E-state index contributed by atoms with van der Waals surface area (Å²) in [6, 6.07) is 5.39. The predicted molar refractivity (Wildman–Crippen MR) is 103 cm³/mol. The SMILES string of the molecule is Cc1cc(CN2CCNC(=O)CC2)c(C)c(CN2CCCCC2C)c1. The molecule has 0 spiro atoms. The Morgan fingerprint density at radius 2 is 1.84 bits per heavy atom. The van der Waals surface area contributed by atoms with Gasteiger partial charge in [0, 0.05) is 45.2 Å². The van der Waals surface area contributed by atoms with E-state index in [9.17, 15) is 4.79 Å². The molecule has 0 bridgehead atoms. The van der Waals surface area contributed by atoms with E-state index in [4.69, 9.17) is 0 Å². The summed E-state index contributed by atoms with van der Waals surface area (Å²) >= 11 is 0. The summed E-state index contributed by atoms with van der Waals surface area (Å²) in [5.41, 5.74) is 5.69. The monoisotopic (exact) mass is 343 g/mol. The number of hydrogen-bond acceptors (Lipinski definition) is 3. The molecule has 0 aliphatic carbocycles. The third kappa shape index (κ3) is 4.83. The molecule has 1 aromatic carbocycles. The molecular formula is C21H33N3O. The third-order valence-electron chi connectivity index (χ3n) is 5.88. The van der Waals surface area contributed by atoms with E-state index in [0.29, 0.717) is 12.5 Å². The van der Waals surface area contributed by atoms with Crippen molar-refractivity contribution in [1.29, 1.82) is 0 Å². The highest BCUT2D eigenvalue weighted by Crippen LogP contribution is 2.24. The number of nitrogens with one attached hydrogen (secondary N) is 1. The molecule has 1 aromatic rings. The molecule has 25 heavy (non-hydrogen) atoms. The third-order valence-corrected chi connectivity index (χ3v) is 5.88. The van der Waals surface area contributed by atoms with E-state index in [0.717, 1.165) is 32.7 Å². The van der Waals surface area contributed by atoms with Gasteiger partial charge >= 0.3 is 0 Å². The average molecular weight is 344 g/mol. The van der Waals surface area contributed by atoms with Gasteiger partial charge in [0.05, 0.1) is 0 Å². The minimum absolute atomic E-state index is 0.184. The lowest BCUT2D eigenvalue weighted by Gasteiger charge is -2.34. The molecule has 2 saturated heterocycles. The molecule has 0 aromatic heterocycles. The maximum Gasteiger partial charge on any atom is 0.221 e. The van der Waals surface area contributed by atoms with Crippen molar-refractivity contribution < 1.29 is 4.79 Å². The van der Waals surface area contributed by atoms with Crippen molar-refractivity contribution >= 4 is 5.91 Å². The predicted octanol–water partition coefficient (Wildman–Crippen LogP) is 3.00. The number of amides is 1. The van der Waals surface area contributed by atoms with Crippen LogP contribution in [0.1, 0.15) is 54.9 Å². The molecule has 0 radical (unpaired) electrons. The topological polar surface area (TPSA) is 35.6 Å². The summed E-state index contributed by atoms with van der Waals surface area (Å²) in [6.45, 7) is 12.7. The number of aryl methyl sites for hydroxylation is 1. The molecule has 0 saturated carbocycles. The molecule has 4 nitrogen and oxygen atoms in total. The van der Waals surface area contributed by atoms with Gasteiger partial charge in [-0.3, -0.25) is 14.6 Å². The molecule has 2 heterocycles. The van der Waals surface area contributed by atoms with Crippen LogP contribution in [0.3, 0.4) is 0 Å². The van der Waals surface area contributed by atoms with Gasteiger partial charge in [0.25, 0.3) is 0 Å². The van der Waals surface area contributed by atoms with Crippen molar-refractivity contribution in [2.45, 2.75) is 65.6 Å². The van der Waals surface area contributed by atoms with Crippen molar-refractivity contribution in [2.24, 2.45) is 0 Å². The van der Waals surface area contributed by atoms with Gasteiger partial charge < -0.3 is 5.32 Å². The minimum atomic E-state index is 0.184. The van der Waals surface area contributed by atoms with Crippen LogP contribution in [-0.2, 0) is 17.9 Å². The van der Waals surface area contributed by atoms with Crippen molar-refractivity contribution in [3.8, 4) is 0 Å². The first kappa shape index (κ1) is 18.4. The maximum absolute atomic E-state index is 11.6. The Balaban J connectivity index is 1.73. The van der Waals surface area contributed by atoms with Gasteiger partial charge in [0.2, 0.25) is 5.91 Å². The number of benzene rings is 1. The van der Waals surface area contributed by atoms with E-state index in [-0.39, 0.29) is 5.91 Å². The Morgan fingerprint density at radius 1 is 1.08 bits per heavy atom. The lowest BCUT2D eigenvalue weighted by molar-refractivity contribution is -0.120. The molecule has 2 fully saturated rings. The number of likely N-dealkylation sites (tertiary alicyclic amines) is 1. The quantitative estimate of drug-likeness (QED) is 0.913. The fraction of sp³-hybridized carbons (Fsp3) is 0.667. The second-order valence-corrected chi connectivity index (χ2v) is 7.90. The number of carbonyl (C=O) groups excluding carboxylic acids is 1. The number of nitrogens with zero attached hydrogens (tertiary/aromatic N) is 2. The maximum atomic E-state index is 11.6. The van der Waals surface area contributed by atoms with Gasteiger partial charge in [-0.05, 0) is 56.8 Å². The standard InChI is InChI=1S/C21H33N3O/c1-16-12-19(14-23-10-7-21(25)22-8-11-23)18(3)20(13-16)15-24-9-5-4-6-17(24)2/h12-13,17H,4-11,14-15H2,1-3H3,(H,22,25). The first-order chi connectivity index (χ1) is 12.0. The lowest BCUT2D eigenvalue weighted by Crippen LogP contribution is -2.37. The Hall–Kier alpha value is -1.39. The van der Waals surface area contributed by atoms with Crippen LogP contribution >= 0.6 is 0 Å². The van der Waals surface area contributed by atoms with Crippen LogP contribution in [0.4, 0.5) is 0 Å². The molecule has 2 aliphatic rings. The van der Waals surface area contributed by atoms with Gasteiger partial charge in [-0.2, -0.15) is 0 Å². The fourth-order valence-electron chi connectivity index (χ4n) is 4.17. The van der Waals surface area contributed by atoms with Gasteiger partial charge in [0.15, 0.2) is 0 Å². The van der Waals surface area contributed by atoms with Crippen LogP contribution in [0.5, 0.6) is 0 Å². The average Bonchev–Trinajstić information content (AvgIpc) is 2.78. The highest BCUT2D eigenvalue weighted by Gasteiger charge is 2.20. The van der Waals surface area contributed by atoms with Crippen LogP contribution in [0.2, 0.25) is 0 Å². The summed E-state index contributed by atoms with van der Waals surface area (Å²) in [7, 11) is 0. The first-order valence-electron chi connectivity index (χ1n) is 9.85. The Bertz CT molecular complexity index is 613. The van der Waals surface area contributed by atoms with Gasteiger partial charge in [-0.1, -0.05) is 24.1 Å². The molecular weight excluding hydrogens is 310 g/mol. The molecule has 1 atom stereocenters. The van der Waals surface area contributed by atoms with Crippen molar-refractivity contribution in [3.05, 3.63) is 34.4 Å². The first-order valence-corrected chi connectivity index (χ1v) is 9.85. The smallest absolute Gasteiger partial charge is 0.221 e. The van der Waals surface area contributed by atoms with Crippen molar-refractivity contribution in [1.82, 2.24) is 15.1 Å². The van der Waals surface area contributed by atoms with Crippen LogP contribution in [0.25, 0.3) is 0 Å². The Morgan fingerprint density at radius 3 is 2.60 bits per heavy atom. The zero-order valence-corrected chi connectivity index (χ0v) is 16.1. The zero-order chi connectivity index (χ0) is 17.8. The van der Waals surface area contributed by atoms with Crippen LogP contribution < -0.4 is 5.32 Å². The van der Waals surface area contributed by atoms with E-state index in [2.05, 4.69) is 48.0 Å². The van der Waals surface area contributed by atoms with Crippen molar-refractivity contribution in [2.75, 3.05) is 26.2 Å². The van der Waals surface area contributed by atoms with E-state index >= 15 is 0 Å². The zero-order valence-electron chi connectivity index (χ0n) is 16.1. The van der Waals surface area contributed by atoms with E-state index < -0.39 is 0 Å². The number of hydrogen-bond donors (Lipinski definition) is 1. The largest absolute Gasteiger partial charge is 0.355 e. The van der Waals surface area contributed by atoms with Gasteiger partial charge in [-0.15, -0.1) is 0 Å². The van der Waals surface area contributed by atoms with E-state index in [1.807, 2.05) is 0 Å². The van der Waals surface area contributed by atoms with Crippen LogP contribution in [0, 0.1) is 13.8 Å². The van der Waals surface area contributed by atoms with E-state index in [1.165, 1.54) is 48.1 Å².